The van der Waals surface area contributed by atoms with Crippen LogP contribution in [0, 0.1) is 0 Å². The molecular weight excluding hydrogens is 415 g/mol. The number of fused-ring (bicyclic) bond motifs is 1. The lowest BCUT2D eigenvalue weighted by Gasteiger charge is -2.16. The molecule has 2 aromatic rings. The number of carbonyl (C=O) groups is 2. The Labute approximate surface area is 167 Å². The lowest BCUT2D eigenvalue weighted by atomic mass is 10.1. The highest BCUT2D eigenvalue weighted by Crippen LogP contribution is 2.26. The van der Waals surface area contributed by atoms with E-state index in [9.17, 15) is 22.8 Å². The summed E-state index contributed by atoms with van der Waals surface area (Å²) in [6.45, 7) is -1.80. The zero-order chi connectivity index (χ0) is 21.2. The molecule has 0 aliphatic carbocycles. The van der Waals surface area contributed by atoms with Crippen LogP contribution in [-0.4, -0.2) is 53.8 Å². The Morgan fingerprint density at radius 3 is 2.34 bits per heavy atom. The molecule has 0 spiro atoms. The molecule has 1 aromatic heterocycles. The molecule has 1 aromatic carbocycles. The minimum absolute atomic E-state index is 0.0319. The first-order chi connectivity index (χ1) is 13.7. The van der Waals surface area contributed by atoms with Gasteiger partial charge in [0.15, 0.2) is 6.61 Å². The number of imide groups is 1. The van der Waals surface area contributed by atoms with E-state index in [1.807, 2.05) is 0 Å². The number of benzene rings is 1. The number of carbonyl (C=O) groups excluding carboxylic acids is 2. The van der Waals surface area contributed by atoms with E-state index < -0.39 is 24.6 Å². The molecule has 1 aliphatic heterocycles. The normalized spacial score (nSPS) is 14.2. The maximum absolute atomic E-state index is 12.5. The first-order valence-corrected chi connectivity index (χ1v) is 8.50. The number of nitrogens with zero attached hydrogens (tertiary/aromatic N) is 3. The van der Waals surface area contributed by atoms with E-state index in [1.54, 1.807) is 12.1 Å². The molecule has 0 radical (unpaired) electrons. The topological polar surface area (TPSA) is 81.1 Å². The monoisotopic (exact) mass is 427 g/mol. The molecule has 0 bridgehead atoms. The van der Waals surface area contributed by atoms with Gasteiger partial charge in [-0.15, -0.1) is 0 Å². The summed E-state index contributed by atoms with van der Waals surface area (Å²) >= 11 is 6.11. The molecule has 29 heavy (non-hydrogen) atoms. The molecule has 0 N–H and O–H groups in total. The van der Waals surface area contributed by atoms with E-state index in [1.165, 1.54) is 19.2 Å². The summed E-state index contributed by atoms with van der Waals surface area (Å²) in [7, 11) is 1.25. The molecule has 7 nitrogen and oxygen atoms in total. The van der Waals surface area contributed by atoms with Gasteiger partial charge in [0.1, 0.15) is 24.3 Å². The van der Waals surface area contributed by atoms with Gasteiger partial charge in [0, 0.05) is 6.07 Å². The van der Waals surface area contributed by atoms with E-state index in [2.05, 4.69) is 14.9 Å². The number of rotatable bonds is 6. The summed E-state index contributed by atoms with van der Waals surface area (Å²) < 4.78 is 41.4. The summed E-state index contributed by atoms with van der Waals surface area (Å²) in [5, 5.41) is 3.68. The van der Waals surface area contributed by atoms with Gasteiger partial charge >= 0.3 is 6.18 Å². The van der Waals surface area contributed by atoms with Crippen LogP contribution in [0.1, 0.15) is 26.4 Å². The minimum atomic E-state index is -4.51. The number of oxime groups is 1. The second kappa shape index (κ2) is 8.08. The van der Waals surface area contributed by atoms with Crippen LogP contribution in [0.5, 0.6) is 5.75 Å². The van der Waals surface area contributed by atoms with Crippen LogP contribution < -0.4 is 4.74 Å². The van der Waals surface area contributed by atoms with Crippen molar-refractivity contribution in [3.8, 4) is 5.75 Å². The smallest absolute Gasteiger partial charge is 0.422 e. The van der Waals surface area contributed by atoms with E-state index in [4.69, 9.17) is 16.4 Å². The number of alkyl halides is 3. The van der Waals surface area contributed by atoms with Crippen LogP contribution in [0.3, 0.4) is 0 Å². The van der Waals surface area contributed by atoms with Crippen molar-refractivity contribution in [1.29, 1.82) is 0 Å². The summed E-state index contributed by atoms with van der Waals surface area (Å²) in [5.41, 5.74) is 0.576. The number of pyridine rings is 1. The molecule has 0 fully saturated rings. The van der Waals surface area contributed by atoms with Gasteiger partial charge in [0.2, 0.25) is 0 Å². The van der Waals surface area contributed by atoms with Gasteiger partial charge in [0.25, 0.3) is 11.8 Å². The highest BCUT2D eigenvalue weighted by molar-refractivity contribution is 6.34. The van der Waals surface area contributed by atoms with E-state index in [0.717, 1.165) is 17.2 Å². The molecule has 3 rings (SSSR count). The Bertz CT molecular complexity index is 960. The standard InChI is InChI=1S/C18H13ClF3N3O4/c1-28-24-14(8-25-16(26)11-4-2-3-5-12(11)17(25)27)15-13(19)6-10(7-23-15)29-9-18(20,21)22/h2-7H,8-9H2,1H3/b24-14+. The second-order valence-corrected chi connectivity index (χ2v) is 6.28. The zero-order valence-corrected chi connectivity index (χ0v) is 15.6. The molecule has 2 amide bonds. The molecule has 0 saturated carbocycles. The average molecular weight is 428 g/mol. The quantitative estimate of drug-likeness (QED) is 0.401. The third-order valence-electron chi connectivity index (χ3n) is 3.88. The van der Waals surface area contributed by atoms with Gasteiger partial charge in [-0.25, -0.2) is 4.98 Å². The lowest BCUT2D eigenvalue weighted by molar-refractivity contribution is -0.153. The number of ether oxygens (including phenoxy) is 1. The van der Waals surface area contributed by atoms with E-state index in [-0.39, 0.29) is 39.8 Å². The number of hydrogen-bond donors (Lipinski definition) is 0. The molecule has 0 unspecified atom stereocenters. The maximum atomic E-state index is 12.5. The van der Waals surface area contributed by atoms with Gasteiger partial charge in [0.05, 0.1) is 28.9 Å². The van der Waals surface area contributed by atoms with Crippen LogP contribution in [0.25, 0.3) is 0 Å². The molecule has 1 aliphatic rings. The van der Waals surface area contributed by atoms with Crippen molar-refractivity contribution in [1.82, 2.24) is 9.88 Å². The SMILES string of the molecule is CO/N=C(\CN1C(=O)c2ccccc2C1=O)c1ncc(OCC(F)(F)F)cc1Cl. The zero-order valence-electron chi connectivity index (χ0n) is 14.9. The van der Waals surface area contributed by atoms with Crippen molar-refractivity contribution in [3.63, 3.8) is 0 Å². The van der Waals surface area contributed by atoms with Crippen LogP contribution >= 0.6 is 11.6 Å². The fraction of sp³-hybridized carbons (Fsp3) is 0.222. The Kier molecular flexibility index (Phi) is 5.73. The Balaban J connectivity index is 1.84. The average Bonchev–Trinajstić information content (AvgIpc) is 2.91. The number of aromatic nitrogens is 1. The second-order valence-electron chi connectivity index (χ2n) is 5.87. The molecule has 0 saturated heterocycles. The number of amides is 2. The van der Waals surface area contributed by atoms with Crippen molar-refractivity contribution in [2.24, 2.45) is 5.16 Å². The van der Waals surface area contributed by atoms with Gasteiger partial charge in [-0.3, -0.25) is 14.5 Å². The van der Waals surface area contributed by atoms with Crippen LogP contribution in [-0.2, 0) is 4.84 Å². The number of halogens is 4. The third-order valence-corrected chi connectivity index (χ3v) is 4.17. The van der Waals surface area contributed by atoms with Crippen molar-refractivity contribution in [2.75, 3.05) is 20.3 Å². The van der Waals surface area contributed by atoms with Gasteiger partial charge < -0.3 is 9.57 Å². The Morgan fingerprint density at radius 2 is 1.83 bits per heavy atom. The lowest BCUT2D eigenvalue weighted by Crippen LogP contribution is -2.35. The molecule has 11 heteroatoms. The molecule has 152 valence electrons. The number of hydrogen-bond acceptors (Lipinski definition) is 6. The summed E-state index contributed by atoms with van der Waals surface area (Å²) in [5.74, 6) is -1.24. The Hall–Kier alpha value is -3.14. The van der Waals surface area contributed by atoms with Crippen molar-refractivity contribution >= 4 is 29.1 Å². The summed E-state index contributed by atoms with van der Waals surface area (Å²) in [6, 6.07) is 7.45. The third kappa shape index (κ3) is 4.48. The largest absolute Gasteiger partial charge is 0.482 e. The van der Waals surface area contributed by atoms with Crippen molar-refractivity contribution in [2.45, 2.75) is 6.18 Å². The molecular formula is C18H13ClF3N3O4. The highest BCUT2D eigenvalue weighted by atomic mass is 35.5. The van der Waals surface area contributed by atoms with Gasteiger partial charge in [-0.05, 0) is 12.1 Å². The molecule has 2 heterocycles. The van der Waals surface area contributed by atoms with Gasteiger partial charge in [-0.2, -0.15) is 13.2 Å². The minimum Gasteiger partial charge on any atom is -0.482 e. The fourth-order valence-electron chi connectivity index (χ4n) is 2.67. The Morgan fingerprint density at radius 1 is 1.21 bits per heavy atom. The van der Waals surface area contributed by atoms with E-state index >= 15 is 0 Å². The highest BCUT2D eigenvalue weighted by Gasteiger charge is 2.36. The fourth-order valence-corrected chi connectivity index (χ4v) is 2.93. The van der Waals surface area contributed by atoms with Gasteiger partial charge in [-0.1, -0.05) is 28.9 Å². The van der Waals surface area contributed by atoms with Crippen LogP contribution in [0.2, 0.25) is 5.02 Å². The molecule has 0 atom stereocenters. The van der Waals surface area contributed by atoms with Crippen molar-refractivity contribution < 1.29 is 32.3 Å². The van der Waals surface area contributed by atoms with Crippen molar-refractivity contribution in [3.05, 3.63) is 58.4 Å². The first-order valence-electron chi connectivity index (χ1n) is 8.12. The summed E-state index contributed by atoms with van der Waals surface area (Å²) in [6.07, 6.45) is -3.49. The van der Waals surface area contributed by atoms with Crippen LogP contribution in [0.15, 0.2) is 41.7 Å². The van der Waals surface area contributed by atoms with E-state index in [0.29, 0.717) is 0 Å². The summed E-state index contributed by atoms with van der Waals surface area (Å²) in [4.78, 5) is 34.7. The maximum Gasteiger partial charge on any atom is 0.422 e. The predicted molar refractivity (Wildman–Crippen MR) is 96.2 cm³/mol. The predicted octanol–water partition coefficient (Wildman–Crippen LogP) is 3.32. The first kappa shape index (κ1) is 20.6. The van der Waals surface area contributed by atoms with Crippen LogP contribution in [0.4, 0.5) is 13.2 Å².